The zero-order valence-electron chi connectivity index (χ0n) is 9.99. The van der Waals surface area contributed by atoms with Gasteiger partial charge in [0, 0.05) is 30.9 Å². The van der Waals surface area contributed by atoms with Crippen LogP contribution in [0.5, 0.6) is 0 Å². The van der Waals surface area contributed by atoms with Gasteiger partial charge in [0.2, 0.25) is 0 Å². The number of benzene rings is 1. The first kappa shape index (κ1) is 13.2. The molecule has 94 valence electrons. The van der Waals surface area contributed by atoms with Crippen LogP contribution in [0.25, 0.3) is 0 Å². The molecule has 1 aromatic carbocycles. The number of aromatic nitrogens is 1. The second kappa shape index (κ2) is 5.59. The van der Waals surface area contributed by atoms with Gasteiger partial charge in [-0.05, 0) is 17.7 Å². The van der Waals surface area contributed by atoms with Crippen LogP contribution in [-0.2, 0) is 6.54 Å². The van der Waals surface area contributed by atoms with E-state index in [0.717, 1.165) is 11.1 Å². The van der Waals surface area contributed by atoms with Crippen molar-refractivity contribution in [1.82, 2.24) is 4.57 Å². The van der Waals surface area contributed by atoms with Crippen LogP contribution in [0, 0.1) is 0 Å². The Morgan fingerprint density at radius 2 is 2.06 bits per heavy atom. The van der Waals surface area contributed by atoms with Crippen molar-refractivity contribution in [3.8, 4) is 0 Å². The van der Waals surface area contributed by atoms with E-state index in [2.05, 4.69) is 0 Å². The lowest BCUT2D eigenvalue weighted by atomic mass is 10.2. The number of carbonyl (C=O) groups excluding carboxylic acids is 1. The monoisotopic (exact) mass is 281 g/mol. The van der Waals surface area contributed by atoms with Gasteiger partial charge in [-0.3, -0.25) is 4.79 Å². The van der Waals surface area contributed by atoms with Crippen LogP contribution in [0.1, 0.15) is 29.3 Å². The molecule has 0 aliphatic carbocycles. The third-order valence-corrected chi connectivity index (χ3v) is 3.64. The van der Waals surface area contributed by atoms with Gasteiger partial charge in [-0.25, -0.2) is 0 Å². The first-order valence-corrected chi connectivity index (χ1v) is 6.49. The number of carbonyl (C=O) groups is 1. The van der Waals surface area contributed by atoms with Gasteiger partial charge in [0.1, 0.15) is 0 Å². The molecule has 1 aromatic heterocycles. The minimum Gasteiger partial charge on any atom is -0.349 e. The van der Waals surface area contributed by atoms with E-state index in [-0.39, 0.29) is 5.78 Å². The number of nitrogens with zero attached hydrogens (tertiary/aromatic N) is 1. The Bertz CT molecular complexity index is 575. The zero-order valence-corrected chi connectivity index (χ0v) is 11.5. The van der Waals surface area contributed by atoms with Gasteiger partial charge in [-0.2, -0.15) is 0 Å². The summed E-state index contributed by atoms with van der Waals surface area (Å²) < 4.78 is 1.93. The smallest absolute Gasteiger partial charge is 0.164 e. The molecule has 0 saturated carbocycles. The van der Waals surface area contributed by atoms with Gasteiger partial charge in [-0.1, -0.05) is 42.3 Å². The lowest BCUT2D eigenvalue weighted by molar-refractivity contribution is 0.0988. The molecule has 4 heteroatoms. The Morgan fingerprint density at radius 1 is 1.28 bits per heavy atom. The highest BCUT2D eigenvalue weighted by molar-refractivity contribution is 6.42. The van der Waals surface area contributed by atoms with Crippen molar-refractivity contribution in [2.75, 3.05) is 0 Å². The molecule has 2 aromatic rings. The summed E-state index contributed by atoms with van der Waals surface area (Å²) in [5.41, 5.74) is 1.67. The topological polar surface area (TPSA) is 22.0 Å². The molecule has 0 bridgehead atoms. The Morgan fingerprint density at radius 3 is 2.78 bits per heavy atom. The van der Waals surface area contributed by atoms with Crippen LogP contribution in [0.3, 0.4) is 0 Å². The molecule has 0 aliphatic heterocycles. The van der Waals surface area contributed by atoms with Crippen molar-refractivity contribution in [2.45, 2.75) is 19.9 Å². The maximum absolute atomic E-state index is 11.5. The molecule has 18 heavy (non-hydrogen) atoms. The molecule has 1 heterocycles. The van der Waals surface area contributed by atoms with Crippen molar-refractivity contribution in [1.29, 1.82) is 0 Å². The fraction of sp³-hybridized carbons (Fsp3) is 0.214. The van der Waals surface area contributed by atoms with Crippen molar-refractivity contribution in [2.24, 2.45) is 0 Å². The van der Waals surface area contributed by atoms with Gasteiger partial charge in [0.25, 0.3) is 0 Å². The quantitative estimate of drug-likeness (QED) is 0.760. The van der Waals surface area contributed by atoms with Crippen LogP contribution in [-0.4, -0.2) is 10.4 Å². The van der Waals surface area contributed by atoms with Crippen molar-refractivity contribution in [3.63, 3.8) is 0 Å². The maximum Gasteiger partial charge on any atom is 0.164 e. The first-order valence-electron chi connectivity index (χ1n) is 5.73. The number of rotatable bonds is 4. The summed E-state index contributed by atoms with van der Waals surface area (Å²) in [7, 11) is 0. The predicted molar refractivity (Wildman–Crippen MR) is 74.6 cm³/mol. The number of halogens is 2. The first-order chi connectivity index (χ1) is 8.61. The van der Waals surface area contributed by atoms with Crippen molar-refractivity contribution >= 4 is 29.0 Å². The summed E-state index contributed by atoms with van der Waals surface area (Å²) in [4.78, 5) is 11.5. The summed E-state index contributed by atoms with van der Waals surface area (Å²) in [5.74, 6) is 0.144. The molecule has 2 nitrogen and oxygen atoms in total. The van der Waals surface area contributed by atoms with Crippen LogP contribution < -0.4 is 0 Å². The van der Waals surface area contributed by atoms with E-state index < -0.39 is 0 Å². The molecule has 0 aliphatic rings. The van der Waals surface area contributed by atoms with Crippen LogP contribution in [0.2, 0.25) is 10.0 Å². The Balaban J connectivity index is 2.21. The molecular formula is C14H13Cl2NO. The molecule has 0 amide bonds. The van der Waals surface area contributed by atoms with E-state index >= 15 is 0 Å². The molecule has 0 spiro atoms. The summed E-state index contributed by atoms with van der Waals surface area (Å²) in [6.45, 7) is 2.46. The molecule has 0 unspecified atom stereocenters. The fourth-order valence-electron chi connectivity index (χ4n) is 1.78. The fourth-order valence-corrected chi connectivity index (χ4v) is 2.16. The average molecular weight is 282 g/mol. The largest absolute Gasteiger partial charge is 0.349 e. The lowest BCUT2D eigenvalue weighted by Gasteiger charge is -2.06. The minimum absolute atomic E-state index is 0.144. The minimum atomic E-state index is 0.144. The summed E-state index contributed by atoms with van der Waals surface area (Å²) in [6, 6.07) is 7.38. The summed E-state index contributed by atoms with van der Waals surface area (Å²) in [6.07, 6.45) is 4.23. The standard InChI is InChI=1S/C14H13Cl2NO/c1-2-13(18)10-6-7-17(8-10)9-11-4-3-5-12(15)14(11)16/h3-8H,2,9H2,1H3. The highest BCUT2D eigenvalue weighted by atomic mass is 35.5. The predicted octanol–water partition coefficient (Wildman–Crippen LogP) is 4.44. The normalized spacial score (nSPS) is 10.6. The molecule has 0 radical (unpaired) electrons. The second-order valence-corrected chi connectivity index (χ2v) is 4.85. The number of hydrogen-bond acceptors (Lipinski definition) is 1. The maximum atomic E-state index is 11.5. The van der Waals surface area contributed by atoms with Crippen molar-refractivity contribution < 1.29 is 4.79 Å². The van der Waals surface area contributed by atoms with Gasteiger partial charge in [0.15, 0.2) is 5.78 Å². The third kappa shape index (κ3) is 2.77. The number of ketones is 1. The van der Waals surface area contributed by atoms with Crippen molar-refractivity contribution in [3.05, 3.63) is 57.8 Å². The van der Waals surface area contributed by atoms with Crippen LogP contribution in [0.15, 0.2) is 36.7 Å². The molecule has 0 saturated heterocycles. The van der Waals surface area contributed by atoms with E-state index in [0.29, 0.717) is 23.0 Å². The van der Waals surface area contributed by atoms with E-state index in [1.165, 1.54) is 0 Å². The van der Waals surface area contributed by atoms with Crippen LogP contribution >= 0.6 is 23.2 Å². The average Bonchev–Trinajstić information content (AvgIpc) is 2.82. The Hall–Kier alpha value is -1.25. The molecule has 2 rings (SSSR count). The lowest BCUT2D eigenvalue weighted by Crippen LogP contribution is -1.99. The Labute approximate surface area is 116 Å². The summed E-state index contributed by atoms with van der Waals surface area (Å²) in [5, 5.41) is 1.11. The number of hydrogen-bond donors (Lipinski definition) is 0. The molecule has 0 fully saturated rings. The zero-order chi connectivity index (χ0) is 13.1. The molecule has 0 N–H and O–H groups in total. The Kier molecular flexibility index (Phi) is 4.10. The summed E-state index contributed by atoms with van der Waals surface area (Å²) >= 11 is 12.1. The highest BCUT2D eigenvalue weighted by Crippen LogP contribution is 2.26. The SMILES string of the molecule is CCC(=O)c1ccn(Cc2cccc(Cl)c2Cl)c1. The van der Waals surface area contributed by atoms with E-state index in [1.54, 1.807) is 6.07 Å². The molecular weight excluding hydrogens is 269 g/mol. The van der Waals surface area contributed by atoms with E-state index in [4.69, 9.17) is 23.2 Å². The van der Waals surface area contributed by atoms with E-state index in [1.807, 2.05) is 42.1 Å². The van der Waals surface area contributed by atoms with Crippen LogP contribution in [0.4, 0.5) is 0 Å². The van der Waals surface area contributed by atoms with Gasteiger partial charge >= 0.3 is 0 Å². The van der Waals surface area contributed by atoms with Gasteiger partial charge < -0.3 is 4.57 Å². The molecule has 0 atom stereocenters. The third-order valence-electron chi connectivity index (χ3n) is 2.78. The van der Waals surface area contributed by atoms with Gasteiger partial charge in [-0.15, -0.1) is 0 Å². The van der Waals surface area contributed by atoms with E-state index in [9.17, 15) is 4.79 Å². The number of Topliss-reactive ketones (excluding diaryl/α,β-unsaturated/α-hetero) is 1. The highest BCUT2D eigenvalue weighted by Gasteiger charge is 2.07. The van der Waals surface area contributed by atoms with Gasteiger partial charge in [0.05, 0.1) is 10.0 Å². The second-order valence-electron chi connectivity index (χ2n) is 4.06.